The summed E-state index contributed by atoms with van der Waals surface area (Å²) < 4.78 is 6.71. The van der Waals surface area contributed by atoms with Crippen LogP contribution in [0.2, 0.25) is 0 Å². The summed E-state index contributed by atoms with van der Waals surface area (Å²) in [6.07, 6.45) is 0.967. The minimum absolute atomic E-state index is 0.673. The average molecular weight is 335 g/mol. The standard InChI is InChI=1S/C16H19BrN2O/c1-2-8-20-16-10-14(6-7-15(16)18)19-11-12-4-3-5-13(17)9-12/h3-7,9-10,19H,2,8,11,18H2,1H3. The number of hydrogen-bond donors (Lipinski definition) is 2. The van der Waals surface area contributed by atoms with Gasteiger partial charge in [0.05, 0.1) is 12.3 Å². The van der Waals surface area contributed by atoms with E-state index in [1.54, 1.807) is 0 Å². The Morgan fingerprint density at radius 3 is 2.80 bits per heavy atom. The van der Waals surface area contributed by atoms with Crippen LogP contribution < -0.4 is 15.8 Å². The molecule has 0 amide bonds. The Hall–Kier alpha value is -1.68. The monoisotopic (exact) mass is 334 g/mol. The second-order valence-electron chi connectivity index (χ2n) is 4.58. The molecular weight excluding hydrogens is 316 g/mol. The van der Waals surface area contributed by atoms with E-state index in [2.05, 4.69) is 40.3 Å². The van der Waals surface area contributed by atoms with Gasteiger partial charge in [-0.15, -0.1) is 0 Å². The molecule has 4 heteroatoms. The van der Waals surface area contributed by atoms with Crippen LogP contribution in [0.5, 0.6) is 5.75 Å². The number of halogens is 1. The van der Waals surface area contributed by atoms with Crippen molar-refractivity contribution in [2.24, 2.45) is 0 Å². The fourth-order valence-corrected chi connectivity index (χ4v) is 2.28. The number of benzene rings is 2. The lowest BCUT2D eigenvalue weighted by Gasteiger charge is -2.12. The molecule has 0 saturated heterocycles. The third-order valence-corrected chi connectivity index (χ3v) is 3.35. The molecule has 106 valence electrons. The zero-order valence-electron chi connectivity index (χ0n) is 11.5. The quantitative estimate of drug-likeness (QED) is 0.768. The maximum Gasteiger partial charge on any atom is 0.144 e. The van der Waals surface area contributed by atoms with Crippen molar-refractivity contribution in [1.29, 1.82) is 0 Å². The van der Waals surface area contributed by atoms with Crippen molar-refractivity contribution in [2.75, 3.05) is 17.7 Å². The van der Waals surface area contributed by atoms with Gasteiger partial charge in [-0.25, -0.2) is 0 Å². The third kappa shape index (κ3) is 4.17. The highest BCUT2D eigenvalue weighted by Crippen LogP contribution is 2.26. The number of rotatable bonds is 6. The van der Waals surface area contributed by atoms with Crippen molar-refractivity contribution in [1.82, 2.24) is 0 Å². The van der Waals surface area contributed by atoms with Gasteiger partial charge in [0.15, 0.2) is 0 Å². The summed E-state index contributed by atoms with van der Waals surface area (Å²) in [5.74, 6) is 0.742. The maximum atomic E-state index is 5.90. The van der Waals surface area contributed by atoms with Gasteiger partial charge in [0, 0.05) is 22.8 Å². The molecule has 0 aliphatic heterocycles. The van der Waals surface area contributed by atoms with Crippen LogP contribution in [0, 0.1) is 0 Å². The predicted octanol–water partition coefficient (Wildman–Crippen LogP) is 4.43. The summed E-state index contributed by atoms with van der Waals surface area (Å²) in [6, 6.07) is 14.0. The van der Waals surface area contributed by atoms with Gasteiger partial charge in [-0.3, -0.25) is 0 Å². The second kappa shape index (κ2) is 7.20. The van der Waals surface area contributed by atoms with E-state index in [0.29, 0.717) is 12.3 Å². The maximum absolute atomic E-state index is 5.90. The van der Waals surface area contributed by atoms with Crippen LogP contribution in [0.4, 0.5) is 11.4 Å². The predicted molar refractivity (Wildman–Crippen MR) is 88.1 cm³/mol. The molecule has 3 N–H and O–H groups in total. The fraction of sp³-hybridized carbons (Fsp3) is 0.250. The van der Waals surface area contributed by atoms with E-state index < -0.39 is 0 Å². The van der Waals surface area contributed by atoms with Crippen molar-refractivity contribution in [3.05, 3.63) is 52.5 Å². The second-order valence-corrected chi connectivity index (χ2v) is 5.50. The number of hydrogen-bond acceptors (Lipinski definition) is 3. The zero-order chi connectivity index (χ0) is 14.4. The molecule has 0 heterocycles. The molecule has 2 aromatic carbocycles. The summed E-state index contributed by atoms with van der Waals surface area (Å²) in [4.78, 5) is 0. The molecule has 20 heavy (non-hydrogen) atoms. The molecule has 0 aliphatic rings. The number of anilines is 2. The summed E-state index contributed by atoms with van der Waals surface area (Å²) in [7, 11) is 0. The van der Waals surface area contributed by atoms with Crippen LogP contribution in [0.3, 0.4) is 0 Å². The van der Waals surface area contributed by atoms with Gasteiger partial charge in [-0.05, 0) is 36.2 Å². The van der Waals surface area contributed by atoms with E-state index in [9.17, 15) is 0 Å². The van der Waals surface area contributed by atoms with Gasteiger partial charge in [0.2, 0.25) is 0 Å². The van der Waals surface area contributed by atoms with Crippen LogP contribution in [-0.4, -0.2) is 6.61 Å². The molecule has 0 bridgehead atoms. The van der Waals surface area contributed by atoms with Gasteiger partial charge < -0.3 is 15.8 Å². The van der Waals surface area contributed by atoms with Gasteiger partial charge in [0.1, 0.15) is 5.75 Å². The molecule has 0 aliphatic carbocycles. The lowest BCUT2D eigenvalue weighted by atomic mass is 10.2. The SMILES string of the molecule is CCCOc1cc(NCc2cccc(Br)c2)ccc1N. The first-order chi connectivity index (χ1) is 9.69. The van der Waals surface area contributed by atoms with E-state index in [-0.39, 0.29) is 0 Å². The molecule has 0 saturated carbocycles. The van der Waals surface area contributed by atoms with E-state index in [1.807, 2.05) is 30.3 Å². The molecule has 0 radical (unpaired) electrons. The van der Waals surface area contributed by atoms with E-state index in [4.69, 9.17) is 10.5 Å². The van der Waals surface area contributed by atoms with Gasteiger partial charge in [-0.1, -0.05) is 35.0 Å². The van der Waals surface area contributed by atoms with Gasteiger partial charge in [-0.2, -0.15) is 0 Å². The topological polar surface area (TPSA) is 47.3 Å². The highest BCUT2D eigenvalue weighted by atomic mass is 79.9. The molecular formula is C16H19BrN2O. The normalized spacial score (nSPS) is 10.3. The van der Waals surface area contributed by atoms with Gasteiger partial charge >= 0.3 is 0 Å². The number of nitrogens with two attached hydrogens (primary N) is 1. The molecule has 2 aromatic rings. The molecule has 3 nitrogen and oxygen atoms in total. The first-order valence-electron chi connectivity index (χ1n) is 6.69. The number of ether oxygens (including phenoxy) is 1. The van der Waals surface area contributed by atoms with Crippen molar-refractivity contribution >= 4 is 27.3 Å². The first-order valence-corrected chi connectivity index (χ1v) is 7.49. The Labute approximate surface area is 128 Å². The molecule has 0 unspecified atom stereocenters. The number of nitrogens with one attached hydrogen (secondary N) is 1. The Balaban J connectivity index is 2.02. The Morgan fingerprint density at radius 1 is 1.20 bits per heavy atom. The summed E-state index contributed by atoms with van der Waals surface area (Å²) in [6.45, 7) is 3.52. The summed E-state index contributed by atoms with van der Waals surface area (Å²) in [5.41, 5.74) is 8.79. The number of nitrogen functional groups attached to an aromatic ring is 1. The van der Waals surface area contributed by atoms with E-state index >= 15 is 0 Å². The Morgan fingerprint density at radius 2 is 2.05 bits per heavy atom. The third-order valence-electron chi connectivity index (χ3n) is 2.86. The largest absolute Gasteiger partial charge is 0.491 e. The fourth-order valence-electron chi connectivity index (χ4n) is 1.83. The van der Waals surface area contributed by atoms with Crippen LogP contribution in [-0.2, 0) is 6.54 Å². The van der Waals surface area contributed by atoms with Crippen molar-refractivity contribution in [3.8, 4) is 5.75 Å². The minimum Gasteiger partial charge on any atom is -0.491 e. The van der Waals surface area contributed by atoms with E-state index in [0.717, 1.165) is 28.9 Å². The average Bonchev–Trinajstić information content (AvgIpc) is 2.45. The Bertz CT molecular complexity index is 572. The van der Waals surface area contributed by atoms with Crippen LogP contribution >= 0.6 is 15.9 Å². The van der Waals surface area contributed by atoms with Crippen LogP contribution in [0.1, 0.15) is 18.9 Å². The van der Waals surface area contributed by atoms with E-state index in [1.165, 1.54) is 5.56 Å². The van der Waals surface area contributed by atoms with Crippen molar-refractivity contribution in [2.45, 2.75) is 19.9 Å². The summed E-state index contributed by atoms with van der Waals surface area (Å²) >= 11 is 3.47. The highest BCUT2D eigenvalue weighted by Gasteiger charge is 2.02. The summed E-state index contributed by atoms with van der Waals surface area (Å²) in [5, 5.41) is 3.38. The molecule has 0 spiro atoms. The van der Waals surface area contributed by atoms with Crippen molar-refractivity contribution < 1.29 is 4.74 Å². The Kier molecular flexibility index (Phi) is 5.30. The highest BCUT2D eigenvalue weighted by molar-refractivity contribution is 9.10. The smallest absolute Gasteiger partial charge is 0.144 e. The molecule has 0 fully saturated rings. The molecule has 0 aromatic heterocycles. The zero-order valence-corrected chi connectivity index (χ0v) is 13.1. The van der Waals surface area contributed by atoms with Crippen LogP contribution in [0.25, 0.3) is 0 Å². The molecule has 0 atom stereocenters. The van der Waals surface area contributed by atoms with Crippen molar-refractivity contribution in [3.63, 3.8) is 0 Å². The van der Waals surface area contributed by atoms with Gasteiger partial charge in [0.25, 0.3) is 0 Å². The van der Waals surface area contributed by atoms with Crippen LogP contribution in [0.15, 0.2) is 46.9 Å². The minimum atomic E-state index is 0.673. The molecule has 2 rings (SSSR count). The lowest BCUT2D eigenvalue weighted by Crippen LogP contribution is -2.02. The first kappa shape index (κ1) is 14.7. The lowest BCUT2D eigenvalue weighted by molar-refractivity contribution is 0.319.